The first-order valence-electron chi connectivity index (χ1n) is 6.46. The Kier molecular flexibility index (Phi) is 3.79. The molecule has 0 bridgehead atoms. The van der Waals surface area contributed by atoms with Crippen LogP contribution in [0.2, 0.25) is 0 Å². The van der Waals surface area contributed by atoms with Crippen molar-refractivity contribution in [1.82, 2.24) is 14.9 Å². The van der Waals surface area contributed by atoms with Crippen molar-refractivity contribution in [2.45, 2.75) is 6.54 Å². The normalized spacial score (nSPS) is 10.5. The molecule has 4 nitrogen and oxygen atoms in total. The molecule has 0 aliphatic heterocycles. The van der Waals surface area contributed by atoms with Gasteiger partial charge < -0.3 is 5.43 Å². The van der Waals surface area contributed by atoms with E-state index in [2.05, 4.69) is 15.6 Å². The van der Waals surface area contributed by atoms with E-state index in [1.165, 1.54) is 6.07 Å². The highest BCUT2D eigenvalue weighted by atomic mass is 32.1. The number of benzene rings is 2. The number of halogens is 1. The Morgan fingerprint density at radius 2 is 1.81 bits per heavy atom. The lowest BCUT2D eigenvalue weighted by molar-refractivity contribution is 0.608. The fraction of sp³-hybridized carbons (Fsp3) is 0.0667. The summed E-state index contributed by atoms with van der Waals surface area (Å²) >= 11 is 5.21. The molecule has 0 saturated heterocycles. The average Bonchev–Trinajstić information content (AvgIpc) is 2.88. The van der Waals surface area contributed by atoms with E-state index in [0.717, 1.165) is 5.56 Å². The minimum atomic E-state index is -0.249. The molecule has 6 heteroatoms. The SMILES string of the molecule is Fc1ccccc1CNn1c(-c2ccccc2)n[nH]c1=S. The molecular weight excluding hydrogens is 287 g/mol. The first kappa shape index (κ1) is 13.5. The van der Waals surface area contributed by atoms with E-state index in [4.69, 9.17) is 12.2 Å². The van der Waals surface area contributed by atoms with Crippen LogP contribution in [-0.2, 0) is 6.54 Å². The largest absolute Gasteiger partial charge is 0.317 e. The van der Waals surface area contributed by atoms with Crippen LogP contribution in [0.3, 0.4) is 0 Å². The summed E-state index contributed by atoms with van der Waals surface area (Å²) < 4.78 is 15.7. The number of nitrogens with zero attached hydrogens (tertiary/aromatic N) is 2. The number of hydrogen-bond donors (Lipinski definition) is 2. The molecule has 1 aromatic heterocycles. The average molecular weight is 300 g/mol. The third-order valence-corrected chi connectivity index (χ3v) is 3.36. The summed E-state index contributed by atoms with van der Waals surface area (Å²) in [6.07, 6.45) is 0. The topological polar surface area (TPSA) is 45.6 Å². The first-order chi connectivity index (χ1) is 10.3. The predicted molar refractivity (Wildman–Crippen MR) is 82.3 cm³/mol. The van der Waals surface area contributed by atoms with Crippen LogP contribution < -0.4 is 5.43 Å². The van der Waals surface area contributed by atoms with E-state index in [-0.39, 0.29) is 5.82 Å². The van der Waals surface area contributed by atoms with E-state index in [9.17, 15) is 4.39 Å². The number of rotatable bonds is 4. The molecule has 0 fully saturated rings. The van der Waals surface area contributed by atoms with Gasteiger partial charge in [-0.05, 0) is 18.3 Å². The van der Waals surface area contributed by atoms with Gasteiger partial charge in [-0.25, -0.2) is 14.2 Å². The molecule has 0 saturated carbocycles. The van der Waals surface area contributed by atoms with Gasteiger partial charge in [-0.15, -0.1) is 0 Å². The van der Waals surface area contributed by atoms with Gasteiger partial charge in [0.15, 0.2) is 5.82 Å². The summed E-state index contributed by atoms with van der Waals surface area (Å²) in [4.78, 5) is 0. The Morgan fingerprint density at radius 1 is 1.10 bits per heavy atom. The minimum absolute atomic E-state index is 0.249. The summed E-state index contributed by atoms with van der Waals surface area (Å²) in [5.41, 5.74) is 4.59. The van der Waals surface area contributed by atoms with E-state index in [0.29, 0.717) is 22.7 Å². The highest BCUT2D eigenvalue weighted by molar-refractivity contribution is 7.71. The molecule has 0 radical (unpaired) electrons. The number of aromatic amines is 1. The highest BCUT2D eigenvalue weighted by Gasteiger charge is 2.09. The lowest BCUT2D eigenvalue weighted by Gasteiger charge is -2.10. The van der Waals surface area contributed by atoms with Crippen LogP contribution in [-0.4, -0.2) is 14.9 Å². The maximum atomic E-state index is 13.6. The van der Waals surface area contributed by atoms with Crippen molar-refractivity contribution in [3.63, 3.8) is 0 Å². The summed E-state index contributed by atoms with van der Waals surface area (Å²) in [7, 11) is 0. The van der Waals surface area contributed by atoms with Crippen LogP contribution in [0.4, 0.5) is 4.39 Å². The van der Waals surface area contributed by atoms with Crippen LogP contribution in [0.15, 0.2) is 54.6 Å². The molecular formula is C15H13FN4S. The summed E-state index contributed by atoms with van der Waals surface area (Å²) in [5, 5.41) is 6.96. The molecule has 1 heterocycles. The maximum absolute atomic E-state index is 13.6. The fourth-order valence-electron chi connectivity index (χ4n) is 2.03. The molecule has 2 N–H and O–H groups in total. The van der Waals surface area contributed by atoms with Crippen molar-refractivity contribution >= 4 is 12.2 Å². The number of aromatic nitrogens is 3. The highest BCUT2D eigenvalue weighted by Crippen LogP contribution is 2.16. The number of hydrogen-bond acceptors (Lipinski definition) is 3. The van der Waals surface area contributed by atoms with E-state index in [1.807, 2.05) is 30.3 Å². The van der Waals surface area contributed by atoms with Gasteiger partial charge in [0.05, 0.1) is 6.54 Å². The van der Waals surface area contributed by atoms with Crippen molar-refractivity contribution < 1.29 is 4.39 Å². The van der Waals surface area contributed by atoms with Crippen LogP contribution in [0.1, 0.15) is 5.56 Å². The molecule has 0 unspecified atom stereocenters. The molecule has 3 aromatic rings. The fourth-order valence-corrected chi connectivity index (χ4v) is 2.23. The van der Waals surface area contributed by atoms with Gasteiger partial charge >= 0.3 is 0 Å². The standard InChI is InChI=1S/C15H13FN4S/c16-13-9-5-4-8-12(13)10-17-20-14(18-19-15(20)21)11-6-2-1-3-7-11/h1-9,17H,10H2,(H,19,21). The molecule has 0 spiro atoms. The van der Waals surface area contributed by atoms with E-state index in [1.54, 1.807) is 22.9 Å². The Bertz CT molecular complexity index is 795. The number of H-pyrrole nitrogens is 1. The Morgan fingerprint density at radius 3 is 2.57 bits per heavy atom. The van der Waals surface area contributed by atoms with E-state index < -0.39 is 0 Å². The van der Waals surface area contributed by atoms with Crippen molar-refractivity contribution in [3.8, 4) is 11.4 Å². The Hall–Kier alpha value is -2.47. The zero-order chi connectivity index (χ0) is 14.7. The maximum Gasteiger partial charge on any atom is 0.214 e. The second-order valence-electron chi connectivity index (χ2n) is 4.48. The molecule has 0 atom stereocenters. The summed E-state index contributed by atoms with van der Waals surface area (Å²) in [5.74, 6) is 0.415. The smallest absolute Gasteiger partial charge is 0.214 e. The van der Waals surface area contributed by atoms with Gasteiger partial charge in [0.2, 0.25) is 4.77 Å². The lowest BCUT2D eigenvalue weighted by atomic mass is 10.2. The van der Waals surface area contributed by atoms with Gasteiger partial charge in [-0.1, -0.05) is 48.5 Å². The van der Waals surface area contributed by atoms with Crippen molar-refractivity contribution in [1.29, 1.82) is 0 Å². The summed E-state index contributed by atoms with van der Waals surface area (Å²) in [6.45, 7) is 0.320. The lowest BCUT2D eigenvalue weighted by Crippen LogP contribution is -2.16. The molecule has 0 aliphatic carbocycles. The Balaban J connectivity index is 1.88. The monoisotopic (exact) mass is 300 g/mol. The van der Waals surface area contributed by atoms with Crippen LogP contribution in [0, 0.1) is 10.6 Å². The molecule has 21 heavy (non-hydrogen) atoms. The van der Waals surface area contributed by atoms with Crippen LogP contribution in [0.25, 0.3) is 11.4 Å². The van der Waals surface area contributed by atoms with E-state index >= 15 is 0 Å². The van der Waals surface area contributed by atoms with Crippen molar-refractivity contribution in [3.05, 3.63) is 70.7 Å². The predicted octanol–water partition coefficient (Wildman–Crippen LogP) is 3.49. The van der Waals surface area contributed by atoms with Crippen LogP contribution in [0.5, 0.6) is 0 Å². The zero-order valence-corrected chi connectivity index (χ0v) is 11.9. The molecule has 0 aliphatic rings. The summed E-state index contributed by atoms with van der Waals surface area (Å²) in [6, 6.07) is 16.3. The second kappa shape index (κ2) is 5.88. The third kappa shape index (κ3) is 2.85. The molecule has 0 amide bonds. The van der Waals surface area contributed by atoms with Gasteiger partial charge in [-0.3, -0.25) is 0 Å². The van der Waals surface area contributed by atoms with Gasteiger partial charge in [0, 0.05) is 11.1 Å². The zero-order valence-electron chi connectivity index (χ0n) is 11.1. The third-order valence-electron chi connectivity index (χ3n) is 3.09. The molecule has 3 rings (SSSR count). The number of nitrogens with one attached hydrogen (secondary N) is 2. The molecule has 2 aromatic carbocycles. The van der Waals surface area contributed by atoms with Gasteiger partial charge in [0.1, 0.15) is 5.82 Å². The van der Waals surface area contributed by atoms with Crippen molar-refractivity contribution in [2.24, 2.45) is 0 Å². The van der Waals surface area contributed by atoms with Gasteiger partial charge in [0.25, 0.3) is 0 Å². The second-order valence-corrected chi connectivity index (χ2v) is 4.87. The first-order valence-corrected chi connectivity index (χ1v) is 6.86. The quantitative estimate of drug-likeness (QED) is 0.725. The van der Waals surface area contributed by atoms with Crippen LogP contribution >= 0.6 is 12.2 Å². The Labute approximate surface area is 126 Å². The van der Waals surface area contributed by atoms with Gasteiger partial charge in [-0.2, -0.15) is 5.10 Å². The van der Waals surface area contributed by atoms with Crippen molar-refractivity contribution in [2.75, 3.05) is 5.43 Å². The molecule has 106 valence electrons. The minimum Gasteiger partial charge on any atom is -0.317 e.